The van der Waals surface area contributed by atoms with E-state index in [1.54, 1.807) is 0 Å². The molecule has 1 heteroatoms. The zero-order valence-corrected chi connectivity index (χ0v) is 6.96. The van der Waals surface area contributed by atoms with Crippen molar-refractivity contribution >= 4 is 6.21 Å². The van der Waals surface area contributed by atoms with Crippen molar-refractivity contribution in [3.8, 4) is 0 Å². The molecule has 56 valence electrons. The van der Waals surface area contributed by atoms with Crippen molar-refractivity contribution in [3.63, 3.8) is 0 Å². The van der Waals surface area contributed by atoms with Gasteiger partial charge in [-0.25, -0.2) is 0 Å². The van der Waals surface area contributed by atoms with Gasteiger partial charge in [0, 0.05) is 0 Å². The van der Waals surface area contributed by atoms with Gasteiger partial charge in [-0.15, -0.1) is 0 Å². The minimum Gasteiger partial charge on any atom is -0.291 e. The summed E-state index contributed by atoms with van der Waals surface area (Å²) in [6.07, 6.45) is 5.73. The smallest absolute Gasteiger partial charge is 0.0653 e. The molecule has 0 fully saturated rings. The molecule has 0 spiro atoms. The van der Waals surface area contributed by atoms with E-state index < -0.39 is 0 Å². The second-order valence-electron chi connectivity index (χ2n) is 2.26. The lowest BCUT2D eigenvalue weighted by molar-refractivity contribution is 0.923. The Morgan fingerprint density at radius 1 is 1.60 bits per heavy atom. The molecule has 1 nitrogen and oxygen atoms in total. The second kappa shape index (κ2) is 4.98. The number of allylic oxidation sites excluding steroid dienone is 2. The fraction of sp³-hybridized carbons (Fsp3) is 0.444. The molecule has 0 saturated heterocycles. The van der Waals surface area contributed by atoms with E-state index in [9.17, 15) is 0 Å². The summed E-state index contributed by atoms with van der Waals surface area (Å²) in [5.41, 5.74) is 1.18. The molecule has 0 aromatic rings. The zero-order chi connectivity index (χ0) is 7.98. The van der Waals surface area contributed by atoms with Crippen LogP contribution in [0, 0.1) is 0 Å². The number of nitrogens with zero attached hydrogens (tertiary/aromatic N) is 1. The fourth-order valence-corrected chi connectivity index (χ4v) is 0.727. The third kappa shape index (κ3) is 4.07. The minimum absolute atomic E-state index is 0.281. The highest BCUT2D eigenvalue weighted by molar-refractivity contribution is 5.53. The van der Waals surface area contributed by atoms with Crippen LogP contribution in [0.15, 0.2) is 29.3 Å². The average molecular weight is 137 g/mol. The van der Waals surface area contributed by atoms with E-state index >= 15 is 0 Å². The van der Waals surface area contributed by atoms with Gasteiger partial charge in [-0.1, -0.05) is 24.3 Å². The summed E-state index contributed by atoms with van der Waals surface area (Å²) >= 11 is 0. The van der Waals surface area contributed by atoms with Crippen LogP contribution in [-0.4, -0.2) is 12.3 Å². The molecule has 0 amide bonds. The zero-order valence-electron chi connectivity index (χ0n) is 6.96. The first-order valence-electron chi connectivity index (χ1n) is 3.49. The fourth-order valence-electron chi connectivity index (χ4n) is 0.727. The average Bonchev–Trinajstić information content (AvgIpc) is 1.88. The van der Waals surface area contributed by atoms with Crippen LogP contribution < -0.4 is 0 Å². The molecule has 0 aromatic heterocycles. The lowest BCUT2D eigenvalue weighted by Crippen LogP contribution is -1.92. The Labute approximate surface area is 63.2 Å². The maximum Gasteiger partial charge on any atom is 0.0653 e. The third-order valence-electron chi connectivity index (χ3n) is 1.21. The topological polar surface area (TPSA) is 12.4 Å². The van der Waals surface area contributed by atoms with Gasteiger partial charge in [-0.3, -0.25) is 4.99 Å². The summed E-state index contributed by atoms with van der Waals surface area (Å²) in [6.45, 7) is 9.65. The van der Waals surface area contributed by atoms with Crippen LogP contribution in [-0.2, 0) is 0 Å². The molecular weight excluding hydrogens is 122 g/mol. The molecule has 0 radical (unpaired) electrons. The number of rotatable bonds is 3. The number of hydrogen-bond donors (Lipinski definition) is 0. The van der Waals surface area contributed by atoms with Crippen molar-refractivity contribution in [3.05, 3.63) is 24.3 Å². The molecule has 0 aromatic carbocycles. The summed E-state index contributed by atoms with van der Waals surface area (Å²) in [4.78, 5) is 4.16. The summed E-state index contributed by atoms with van der Waals surface area (Å²) in [6, 6.07) is 0.281. The third-order valence-corrected chi connectivity index (χ3v) is 1.21. The summed E-state index contributed by atoms with van der Waals surface area (Å²) in [5.74, 6) is 0. The van der Waals surface area contributed by atoms with Gasteiger partial charge in [0.15, 0.2) is 0 Å². The molecule has 0 saturated carbocycles. The molecule has 0 bridgehead atoms. The molecular formula is C9H15N. The quantitative estimate of drug-likeness (QED) is 0.419. The van der Waals surface area contributed by atoms with Gasteiger partial charge >= 0.3 is 0 Å². The predicted octanol–water partition coefficient (Wildman–Crippen LogP) is 2.60. The molecule has 0 aliphatic rings. The minimum atomic E-state index is 0.281. The van der Waals surface area contributed by atoms with Crippen molar-refractivity contribution in [2.75, 3.05) is 0 Å². The Bertz CT molecular complexity index is 154. The van der Waals surface area contributed by atoms with Crippen LogP contribution in [0.3, 0.4) is 0 Å². The lowest BCUT2D eigenvalue weighted by atomic mass is 10.2. The van der Waals surface area contributed by atoms with Crippen LogP contribution >= 0.6 is 0 Å². The Balaban J connectivity index is 3.98. The van der Waals surface area contributed by atoms with Crippen molar-refractivity contribution in [2.24, 2.45) is 4.99 Å². The Morgan fingerprint density at radius 3 is 2.60 bits per heavy atom. The largest absolute Gasteiger partial charge is 0.291 e. The van der Waals surface area contributed by atoms with Gasteiger partial charge in [0.05, 0.1) is 6.04 Å². The number of aliphatic imine (C=N–C) groups is 1. The Morgan fingerprint density at radius 2 is 2.20 bits per heavy atom. The lowest BCUT2D eigenvalue weighted by Gasteiger charge is -1.97. The molecule has 10 heavy (non-hydrogen) atoms. The van der Waals surface area contributed by atoms with E-state index in [1.807, 2.05) is 33.1 Å². The van der Waals surface area contributed by atoms with E-state index in [0.717, 1.165) is 0 Å². The van der Waals surface area contributed by atoms with Crippen LogP contribution in [0.5, 0.6) is 0 Å². The van der Waals surface area contributed by atoms with Crippen molar-refractivity contribution in [1.82, 2.24) is 0 Å². The highest BCUT2D eigenvalue weighted by Gasteiger charge is 1.89. The standard InChI is InChI=1S/C9H15N/c1-5-8(3)7-9(4)10-6-2/h5-7,9H,1H2,2-4H3. The molecule has 0 aliphatic carbocycles. The summed E-state index contributed by atoms with van der Waals surface area (Å²) in [5, 5.41) is 0. The number of hydrogen-bond acceptors (Lipinski definition) is 1. The van der Waals surface area contributed by atoms with E-state index in [4.69, 9.17) is 0 Å². The highest BCUT2D eigenvalue weighted by atomic mass is 14.7. The first-order chi connectivity index (χ1) is 4.70. The van der Waals surface area contributed by atoms with Crippen LogP contribution in [0.25, 0.3) is 0 Å². The van der Waals surface area contributed by atoms with Crippen LogP contribution in [0.4, 0.5) is 0 Å². The van der Waals surface area contributed by atoms with Gasteiger partial charge in [-0.05, 0) is 27.0 Å². The predicted molar refractivity (Wildman–Crippen MR) is 47.6 cm³/mol. The Kier molecular flexibility index (Phi) is 4.55. The maximum absolute atomic E-state index is 4.16. The first kappa shape index (κ1) is 9.15. The normalized spacial score (nSPS) is 15.7. The van der Waals surface area contributed by atoms with Gasteiger partial charge in [0.1, 0.15) is 0 Å². The van der Waals surface area contributed by atoms with Crippen molar-refractivity contribution < 1.29 is 0 Å². The molecule has 1 atom stereocenters. The molecule has 0 N–H and O–H groups in total. The summed E-state index contributed by atoms with van der Waals surface area (Å²) < 4.78 is 0. The SMILES string of the molecule is C=CC(C)=CC(C)N=CC. The monoisotopic (exact) mass is 137 g/mol. The molecule has 0 heterocycles. The van der Waals surface area contributed by atoms with E-state index in [2.05, 4.69) is 17.6 Å². The van der Waals surface area contributed by atoms with E-state index in [0.29, 0.717) is 0 Å². The maximum atomic E-state index is 4.16. The van der Waals surface area contributed by atoms with E-state index in [-0.39, 0.29) is 6.04 Å². The first-order valence-corrected chi connectivity index (χ1v) is 3.49. The Hall–Kier alpha value is -0.850. The van der Waals surface area contributed by atoms with Gasteiger partial charge in [0.25, 0.3) is 0 Å². The van der Waals surface area contributed by atoms with Crippen LogP contribution in [0.2, 0.25) is 0 Å². The van der Waals surface area contributed by atoms with E-state index in [1.165, 1.54) is 5.57 Å². The summed E-state index contributed by atoms with van der Waals surface area (Å²) in [7, 11) is 0. The second-order valence-corrected chi connectivity index (χ2v) is 2.26. The van der Waals surface area contributed by atoms with Gasteiger partial charge < -0.3 is 0 Å². The highest BCUT2D eigenvalue weighted by Crippen LogP contribution is 1.98. The van der Waals surface area contributed by atoms with Gasteiger partial charge in [0.2, 0.25) is 0 Å². The molecule has 0 aliphatic heterocycles. The molecule has 1 unspecified atom stereocenters. The van der Waals surface area contributed by atoms with Gasteiger partial charge in [-0.2, -0.15) is 0 Å². The van der Waals surface area contributed by atoms with Crippen molar-refractivity contribution in [2.45, 2.75) is 26.8 Å². The molecule has 0 rings (SSSR count). The van der Waals surface area contributed by atoms with Crippen molar-refractivity contribution in [1.29, 1.82) is 0 Å². The van der Waals surface area contributed by atoms with Crippen LogP contribution in [0.1, 0.15) is 20.8 Å².